The summed E-state index contributed by atoms with van der Waals surface area (Å²) in [6.07, 6.45) is 3.93. The molecule has 0 aliphatic carbocycles. The molecule has 0 aromatic heterocycles. The molecule has 0 unspecified atom stereocenters. The van der Waals surface area contributed by atoms with Crippen LogP contribution in [0.1, 0.15) is 12.8 Å². The Hall–Kier alpha value is -0.830. The van der Waals surface area contributed by atoms with Crippen molar-refractivity contribution in [1.29, 1.82) is 0 Å². The van der Waals surface area contributed by atoms with Crippen LogP contribution in [-0.4, -0.2) is 23.5 Å². The zero-order chi connectivity index (χ0) is 7.40. The van der Waals surface area contributed by atoms with Crippen molar-refractivity contribution in [2.24, 2.45) is 0 Å². The van der Waals surface area contributed by atoms with Gasteiger partial charge in [-0.05, 0) is 19.4 Å². The number of hydrogen-bond donors (Lipinski definition) is 2. The van der Waals surface area contributed by atoms with Crippen LogP contribution in [0.4, 0.5) is 0 Å². The Morgan fingerprint density at radius 1 is 1.70 bits per heavy atom. The van der Waals surface area contributed by atoms with Crippen molar-refractivity contribution in [2.75, 3.05) is 6.54 Å². The molecule has 0 spiro atoms. The lowest BCUT2D eigenvalue weighted by atomic mass is 10.1. The Balaban J connectivity index is 2.40. The average molecular weight is 141 g/mol. The highest BCUT2D eigenvalue weighted by Crippen LogP contribution is 2.05. The molecule has 1 heterocycles. The highest BCUT2D eigenvalue weighted by molar-refractivity contribution is 5.94. The van der Waals surface area contributed by atoms with E-state index in [0.717, 1.165) is 25.6 Å². The molecule has 0 saturated carbocycles. The summed E-state index contributed by atoms with van der Waals surface area (Å²) >= 11 is 0. The molecule has 0 aromatic carbocycles. The summed E-state index contributed by atoms with van der Waals surface area (Å²) in [6.45, 7) is 0.912. The Kier molecular flexibility index (Phi) is 2.45. The molecule has 1 saturated heterocycles. The van der Waals surface area contributed by atoms with E-state index in [0.29, 0.717) is 0 Å². The third-order valence-corrected chi connectivity index (χ3v) is 1.64. The molecule has 0 radical (unpaired) electrons. The highest BCUT2D eigenvalue weighted by atomic mass is 16.2. The van der Waals surface area contributed by atoms with Crippen molar-refractivity contribution in [3.63, 3.8) is 0 Å². The van der Waals surface area contributed by atoms with Gasteiger partial charge in [-0.15, -0.1) is 0 Å². The number of nitrogens with one attached hydrogen (secondary N) is 1. The van der Waals surface area contributed by atoms with Gasteiger partial charge >= 0.3 is 0 Å². The Bertz CT molecular complexity index is 148. The number of carbonyl (C=O) groups is 1. The molecule has 1 fully saturated rings. The van der Waals surface area contributed by atoms with Gasteiger partial charge < -0.3 is 10.4 Å². The fourth-order valence-electron chi connectivity index (χ4n) is 1.12. The summed E-state index contributed by atoms with van der Waals surface area (Å²) in [5.41, 5.74) is 0. The maximum Gasteiger partial charge on any atom is 0.175 e. The molecule has 56 valence electrons. The quantitative estimate of drug-likeness (QED) is 0.431. The van der Waals surface area contributed by atoms with Crippen LogP contribution < -0.4 is 5.32 Å². The van der Waals surface area contributed by atoms with Gasteiger partial charge in [0, 0.05) is 6.08 Å². The monoisotopic (exact) mass is 141 g/mol. The van der Waals surface area contributed by atoms with E-state index >= 15 is 0 Å². The van der Waals surface area contributed by atoms with Crippen molar-refractivity contribution >= 4 is 5.78 Å². The zero-order valence-corrected chi connectivity index (χ0v) is 5.71. The van der Waals surface area contributed by atoms with Crippen LogP contribution in [0.15, 0.2) is 12.3 Å². The summed E-state index contributed by atoms with van der Waals surface area (Å²) < 4.78 is 0. The molecule has 2 N–H and O–H groups in total. The van der Waals surface area contributed by atoms with E-state index in [2.05, 4.69) is 5.32 Å². The summed E-state index contributed by atoms with van der Waals surface area (Å²) in [5, 5.41) is 11.3. The van der Waals surface area contributed by atoms with Gasteiger partial charge in [0.15, 0.2) is 5.78 Å². The first-order valence-electron chi connectivity index (χ1n) is 3.42. The van der Waals surface area contributed by atoms with Gasteiger partial charge in [0.2, 0.25) is 0 Å². The molecular formula is C7H11NO2. The van der Waals surface area contributed by atoms with Crippen molar-refractivity contribution in [1.82, 2.24) is 5.32 Å². The fraction of sp³-hybridized carbons (Fsp3) is 0.571. The van der Waals surface area contributed by atoms with Gasteiger partial charge in [0.05, 0.1) is 12.3 Å². The second kappa shape index (κ2) is 3.37. The minimum Gasteiger partial charge on any atom is -0.515 e. The maximum absolute atomic E-state index is 10.9. The van der Waals surface area contributed by atoms with Crippen molar-refractivity contribution in [3.05, 3.63) is 12.3 Å². The normalized spacial score (nSPS) is 25.8. The second-order valence-corrected chi connectivity index (χ2v) is 2.37. The van der Waals surface area contributed by atoms with E-state index in [-0.39, 0.29) is 11.8 Å². The van der Waals surface area contributed by atoms with Crippen LogP contribution in [0, 0.1) is 0 Å². The first kappa shape index (κ1) is 7.28. The van der Waals surface area contributed by atoms with Gasteiger partial charge in [-0.25, -0.2) is 0 Å². The third kappa shape index (κ3) is 1.57. The molecular weight excluding hydrogens is 130 g/mol. The third-order valence-electron chi connectivity index (χ3n) is 1.64. The average Bonchev–Trinajstić information content (AvgIpc) is 2.38. The first-order valence-corrected chi connectivity index (χ1v) is 3.42. The zero-order valence-electron chi connectivity index (χ0n) is 5.71. The van der Waals surface area contributed by atoms with E-state index in [1.807, 2.05) is 0 Å². The molecule has 1 aliphatic heterocycles. The number of rotatable bonds is 2. The fourth-order valence-corrected chi connectivity index (χ4v) is 1.12. The smallest absolute Gasteiger partial charge is 0.175 e. The number of aliphatic hydroxyl groups is 1. The molecule has 3 heteroatoms. The maximum atomic E-state index is 10.9. The number of ketones is 1. The molecule has 1 aliphatic rings. The molecule has 0 bridgehead atoms. The summed E-state index contributed by atoms with van der Waals surface area (Å²) in [5.74, 6) is -0.0278. The van der Waals surface area contributed by atoms with E-state index in [4.69, 9.17) is 5.11 Å². The van der Waals surface area contributed by atoms with Gasteiger partial charge in [0.25, 0.3) is 0 Å². The predicted molar refractivity (Wildman–Crippen MR) is 37.8 cm³/mol. The lowest BCUT2D eigenvalue weighted by Gasteiger charge is -2.02. The molecule has 0 amide bonds. The molecule has 1 atom stereocenters. The molecule has 10 heavy (non-hydrogen) atoms. The first-order chi connectivity index (χ1) is 4.84. The predicted octanol–water partition coefficient (Wildman–Crippen LogP) is 0.379. The summed E-state index contributed by atoms with van der Waals surface area (Å²) in [4.78, 5) is 10.9. The lowest BCUT2D eigenvalue weighted by Crippen LogP contribution is -2.29. The van der Waals surface area contributed by atoms with Gasteiger partial charge in [-0.3, -0.25) is 4.79 Å². The van der Waals surface area contributed by atoms with Gasteiger partial charge in [0.1, 0.15) is 0 Å². The SMILES string of the molecule is O=C(C=CO)[C@H]1CCCN1. The van der Waals surface area contributed by atoms with E-state index in [1.54, 1.807) is 0 Å². The van der Waals surface area contributed by atoms with Crippen LogP contribution >= 0.6 is 0 Å². The van der Waals surface area contributed by atoms with Crippen LogP contribution in [-0.2, 0) is 4.79 Å². The topological polar surface area (TPSA) is 49.3 Å². The number of hydrogen-bond acceptors (Lipinski definition) is 3. The Morgan fingerprint density at radius 3 is 3.00 bits per heavy atom. The van der Waals surface area contributed by atoms with Crippen LogP contribution in [0.3, 0.4) is 0 Å². The number of aliphatic hydroxyl groups excluding tert-OH is 1. The lowest BCUT2D eigenvalue weighted by molar-refractivity contribution is -0.116. The summed E-state index contributed by atoms with van der Waals surface area (Å²) in [6, 6.07) is -0.0524. The van der Waals surface area contributed by atoms with Gasteiger partial charge in [-0.2, -0.15) is 0 Å². The highest BCUT2D eigenvalue weighted by Gasteiger charge is 2.19. The van der Waals surface area contributed by atoms with E-state index < -0.39 is 0 Å². The molecule has 1 rings (SSSR count). The standard InChI is InChI=1S/C7H11NO2/c9-5-3-7(10)6-2-1-4-8-6/h3,5-6,8-9H,1-2,4H2/t6-/m1/s1. The molecule has 3 nitrogen and oxygen atoms in total. The van der Waals surface area contributed by atoms with Crippen LogP contribution in [0.25, 0.3) is 0 Å². The van der Waals surface area contributed by atoms with Crippen molar-refractivity contribution in [2.45, 2.75) is 18.9 Å². The number of carbonyl (C=O) groups excluding carboxylic acids is 1. The van der Waals surface area contributed by atoms with E-state index in [9.17, 15) is 4.79 Å². The molecule has 0 aromatic rings. The minimum atomic E-state index is -0.0524. The van der Waals surface area contributed by atoms with Crippen molar-refractivity contribution < 1.29 is 9.90 Å². The van der Waals surface area contributed by atoms with Crippen LogP contribution in [0.2, 0.25) is 0 Å². The second-order valence-electron chi connectivity index (χ2n) is 2.37. The largest absolute Gasteiger partial charge is 0.515 e. The Labute approximate surface area is 59.7 Å². The Morgan fingerprint density at radius 2 is 2.50 bits per heavy atom. The van der Waals surface area contributed by atoms with E-state index in [1.165, 1.54) is 6.08 Å². The summed E-state index contributed by atoms with van der Waals surface area (Å²) in [7, 11) is 0. The van der Waals surface area contributed by atoms with Crippen LogP contribution in [0.5, 0.6) is 0 Å². The minimum absolute atomic E-state index is 0.0278. The van der Waals surface area contributed by atoms with Crippen molar-refractivity contribution in [3.8, 4) is 0 Å². The van der Waals surface area contributed by atoms with Gasteiger partial charge in [-0.1, -0.05) is 0 Å².